The first-order chi connectivity index (χ1) is 26.1. The average molecular weight is 765 g/mol. The molecule has 0 aliphatic heterocycles. The lowest BCUT2D eigenvalue weighted by atomic mass is 10.0. The summed E-state index contributed by atoms with van der Waals surface area (Å²) in [6.07, 6.45) is 36.9. The van der Waals surface area contributed by atoms with Crippen molar-refractivity contribution in [3.05, 3.63) is 0 Å². The van der Waals surface area contributed by atoms with Crippen LogP contribution in [0.25, 0.3) is 0 Å². The number of hydrogen-bond acceptors (Lipinski definition) is 6. The van der Waals surface area contributed by atoms with Gasteiger partial charge in [0.05, 0.1) is 0 Å². The Morgan fingerprint density at radius 3 is 0.796 bits per heavy atom. The van der Waals surface area contributed by atoms with Gasteiger partial charge in [-0.1, -0.05) is 215 Å². The molecule has 0 unspecified atom stereocenters. The lowest BCUT2D eigenvalue weighted by molar-refractivity contribution is -0.167. The van der Waals surface area contributed by atoms with Crippen molar-refractivity contribution >= 4 is 17.9 Å². The summed E-state index contributed by atoms with van der Waals surface area (Å²) in [7, 11) is 0. The van der Waals surface area contributed by atoms with Crippen molar-refractivity contribution in [2.45, 2.75) is 260 Å². The SMILES string of the molecule is CC(C)CCCCCCCCCCCCCCCCC(=O)OC[C@@H](COC(=O)CCCCCCCCCC(C)C)OC(=O)CCCCCCCCC(C)C. The van der Waals surface area contributed by atoms with Crippen molar-refractivity contribution in [2.24, 2.45) is 17.8 Å². The smallest absolute Gasteiger partial charge is 0.306 e. The highest BCUT2D eigenvalue weighted by Gasteiger charge is 2.19. The summed E-state index contributed by atoms with van der Waals surface area (Å²) < 4.78 is 16.7. The second kappa shape index (κ2) is 39.6. The van der Waals surface area contributed by atoms with Gasteiger partial charge in [0, 0.05) is 19.3 Å². The normalized spacial score (nSPS) is 12.2. The topological polar surface area (TPSA) is 78.9 Å². The molecule has 0 aromatic carbocycles. The molecular weight excluding hydrogens is 673 g/mol. The molecule has 0 bridgehead atoms. The van der Waals surface area contributed by atoms with Crippen LogP contribution in [0.1, 0.15) is 253 Å². The van der Waals surface area contributed by atoms with E-state index in [-0.39, 0.29) is 31.1 Å². The molecule has 6 nitrogen and oxygen atoms in total. The summed E-state index contributed by atoms with van der Waals surface area (Å²) in [5.74, 6) is 1.52. The van der Waals surface area contributed by atoms with E-state index < -0.39 is 6.10 Å². The largest absolute Gasteiger partial charge is 0.462 e. The summed E-state index contributed by atoms with van der Waals surface area (Å²) in [4.78, 5) is 37.7. The zero-order valence-electron chi connectivity index (χ0n) is 37.0. The third kappa shape index (κ3) is 41.6. The maximum Gasteiger partial charge on any atom is 0.306 e. The first-order valence-electron chi connectivity index (χ1n) is 23.6. The molecule has 0 aromatic rings. The molecule has 1 atom stereocenters. The highest BCUT2D eigenvalue weighted by molar-refractivity contribution is 5.71. The van der Waals surface area contributed by atoms with Gasteiger partial charge in [0.15, 0.2) is 6.10 Å². The van der Waals surface area contributed by atoms with Crippen LogP contribution in [0.2, 0.25) is 0 Å². The number of rotatable bonds is 41. The zero-order chi connectivity index (χ0) is 39.9. The van der Waals surface area contributed by atoms with Crippen LogP contribution in [0.4, 0.5) is 0 Å². The van der Waals surface area contributed by atoms with Crippen LogP contribution < -0.4 is 0 Å². The number of carbonyl (C=O) groups excluding carboxylic acids is 3. The van der Waals surface area contributed by atoms with Crippen LogP contribution in [0, 0.1) is 17.8 Å². The van der Waals surface area contributed by atoms with Gasteiger partial charge in [0.1, 0.15) is 13.2 Å². The Balaban J connectivity index is 4.24. The number of unbranched alkanes of at least 4 members (excludes halogenated alkanes) is 24. The van der Waals surface area contributed by atoms with Crippen molar-refractivity contribution in [1.29, 1.82) is 0 Å². The predicted octanol–water partition coefficient (Wildman–Crippen LogP) is 14.8. The lowest BCUT2D eigenvalue weighted by Gasteiger charge is -2.18. The Morgan fingerprint density at radius 2 is 0.537 bits per heavy atom. The van der Waals surface area contributed by atoms with E-state index in [0.29, 0.717) is 19.3 Å². The van der Waals surface area contributed by atoms with E-state index in [4.69, 9.17) is 14.2 Å². The van der Waals surface area contributed by atoms with E-state index in [1.165, 1.54) is 135 Å². The van der Waals surface area contributed by atoms with Crippen LogP contribution in [-0.4, -0.2) is 37.2 Å². The van der Waals surface area contributed by atoms with Gasteiger partial charge in [0.25, 0.3) is 0 Å². The average Bonchev–Trinajstić information content (AvgIpc) is 3.12. The van der Waals surface area contributed by atoms with E-state index in [1.807, 2.05) is 0 Å². The number of carbonyl (C=O) groups is 3. The van der Waals surface area contributed by atoms with Gasteiger partial charge in [0.2, 0.25) is 0 Å². The summed E-state index contributed by atoms with van der Waals surface area (Å²) in [6.45, 7) is 13.6. The molecule has 0 aromatic heterocycles. The monoisotopic (exact) mass is 765 g/mol. The van der Waals surface area contributed by atoms with E-state index in [0.717, 1.165) is 75.5 Å². The molecule has 0 aliphatic carbocycles. The predicted molar refractivity (Wildman–Crippen MR) is 229 cm³/mol. The van der Waals surface area contributed by atoms with Crippen LogP contribution in [0.3, 0.4) is 0 Å². The Labute approximate surface area is 336 Å². The summed E-state index contributed by atoms with van der Waals surface area (Å²) >= 11 is 0. The molecule has 0 rings (SSSR count). The van der Waals surface area contributed by atoms with Gasteiger partial charge in [-0.3, -0.25) is 14.4 Å². The molecule has 0 amide bonds. The van der Waals surface area contributed by atoms with Crippen LogP contribution in [0.5, 0.6) is 0 Å². The quantitative estimate of drug-likeness (QED) is 0.0350. The Morgan fingerprint density at radius 1 is 0.315 bits per heavy atom. The van der Waals surface area contributed by atoms with E-state index in [1.54, 1.807) is 0 Å². The molecule has 0 N–H and O–H groups in total. The Bertz CT molecular complexity index is 837. The molecule has 0 aliphatic rings. The van der Waals surface area contributed by atoms with Crippen molar-refractivity contribution in [2.75, 3.05) is 13.2 Å². The molecule has 0 radical (unpaired) electrons. The highest BCUT2D eigenvalue weighted by atomic mass is 16.6. The van der Waals surface area contributed by atoms with Crippen molar-refractivity contribution in [3.8, 4) is 0 Å². The third-order valence-electron chi connectivity index (χ3n) is 10.6. The second-order valence-electron chi connectivity index (χ2n) is 17.8. The zero-order valence-corrected chi connectivity index (χ0v) is 37.0. The Kier molecular flexibility index (Phi) is 38.5. The first kappa shape index (κ1) is 52.4. The van der Waals surface area contributed by atoms with Gasteiger partial charge in [-0.2, -0.15) is 0 Å². The first-order valence-corrected chi connectivity index (χ1v) is 23.6. The molecule has 0 saturated heterocycles. The van der Waals surface area contributed by atoms with E-state index >= 15 is 0 Å². The van der Waals surface area contributed by atoms with Gasteiger partial charge < -0.3 is 14.2 Å². The fourth-order valence-corrected chi connectivity index (χ4v) is 7.06. The lowest BCUT2D eigenvalue weighted by Crippen LogP contribution is -2.30. The molecular formula is C48H92O6. The van der Waals surface area contributed by atoms with Crippen molar-refractivity contribution < 1.29 is 28.6 Å². The fraction of sp³-hybridized carbons (Fsp3) is 0.938. The summed E-state index contributed by atoms with van der Waals surface area (Å²) in [6, 6.07) is 0. The maximum absolute atomic E-state index is 12.7. The van der Waals surface area contributed by atoms with Gasteiger partial charge >= 0.3 is 17.9 Å². The molecule has 0 spiro atoms. The molecule has 54 heavy (non-hydrogen) atoms. The van der Waals surface area contributed by atoms with Crippen LogP contribution >= 0.6 is 0 Å². The highest BCUT2D eigenvalue weighted by Crippen LogP contribution is 2.17. The van der Waals surface area contributed by atoms with Crippen molar-refractivity contribution in [3.63, 3.8) is 0 Å². The van der Waals surface area contributed by atoms with E-state index in [9.17, 15) is 14.4 Å². The molecule has 320 valence electrons. The minimum atomic E-state index is -0.762. The second-order valence-corrected chi connectivity index (χ2v) is 17.8. The Hall–Kier alpha value is -1.59. The molecule has 0 heterocycles. The minimum absolute atomic E-state index is 0.0668. The number of hydrogen-bond donors (Lipinski definition) is 0. The van der Waals surface area contributed by atoms with Gasteiger partial charge in [-0.15, -0.1) is 0 Å². The van der Waals surface area contributed by atoms with E-state index in [2.05, 4.69) is 41.5 Å². The minimum Gasteiger partial charge on any atom is -0.462 e. The molecule has 0 fully saturated rings. The van der Waals surface area contributed by atoms with Crippen LogP contribution in [0.15, 0.2) is 0 Å². The van der Waals surface area contributed by atoms with Gasteiger partial charge in [-0.25, -0.2) is 0 Å². The molecule has 0 saturated carbocycles. The van der Waals surface area contributed by atoms with Crippen molar-refractivity contribution in [1.82, 2.24) is 0 Å². The standard InChI is InChI=1S/C48H92O6/c1-42(2)34-28-22-16-13-11-9-7-8-10-12-14-18-25-31-37-46(49)52-40-45(54-48(51)39-33-27-21-20-24-30-36-44(5)6)41-53-47(50)38-32-26-19-15-17-23-29-35-43(3)4/h42-45H,7-41H2,1-6H3/t45-/m0/s1. The van der Waals surface area contributed by atoms with Gasteiger partial charge in [-0.05, 0) is 37.0 Å². The fourth-order valence-electron chi connectivity index (χ4n) is 7.06. The third-order valence-corrected chi connectivity index (χ3v) is 10.6. The van der Waals surface area contributed by atoms with Crippen LogP contribution in [-0.2, 0) is 28.6 Å². The maximum atomic E-state index is 12.7. The summed E-state index contributed by atoms with van der Waals surface area (Å²) in [5.41, 5.74) is 0. The number of ether oxygens (including phenoxy) is 3. The molecule has 6 heteroatoms. The summed E-state index contributed by atoms with van der Waals surface area (Å²) in [5, 5.41) is 0. The number of esters is 3.